The molecule has 0 saturated carbocycles. The fraction of sp³-hybridized carbons (Fsp3) is 0.267. The van der Waals surface area contributed by atoms with Crippen molar-refractivity contribution in [1.29, 1.82) is 0 Å². The van der Waals surface area contributed by atoms with Gasteiger partial charge in [0.05, 0.1) is 5.69 Å². The second-order valence-corrected chi connectivity index (χ2v) is 4.68. The lowest BCUT2D eigenvalue weighted by molar-refractivity contribution is 0.511. The molecule has 0 atom stereocenters. The lowest BCUT2D eigenvalue weighted by atomic mass is 10.1. The molecule has 108 valence electrons. The third-order valence-corrected chi connectivity index (χ3v) is 3.28. The largest absolute Gasteiger partial charge is 0.408 e. The molecule has 3 rings (SSSR count). The summed E-state index contributed by atoms with van der Waals surface area (Å²) in [4.78, 5) is 4.27. The first-order valence-electron chi connectivity index (χ1n) is 6.92. The van der Waals surface area contributed by atoms with Crippen LogP contribution in [0.15, 0.2) is 41.1 Å². The molecular formula is C15H17N5O. The molecule has 0 aliphatic heterocycles. The van der Waals surface area contributed by atoms with Crippen LogP contribution < -0.4 is 5.32 Å². The van der Waals surface area contributed by atoms with Crippen LogP contribution in [0.3, 0.4) is 0 Å². The summed E-state index contributed by atoms with van der Waals surface area (Å²) in [5.41, 5.74) is 2.23. The topological polar surface area (TPSA) is 68.8 Å². The standard InChI is InChI=1S/C15H17N5O/c1-3-14-18-19-15(21-14)17-10-12-6-4-5-7-13(12)20-9-8-16-11(20)2/h4-9H,3,10H2,1-2H3,(H,17,19). The smallest absolute Gasteiger partial charge is 0.315 e. The van der Waals surface area contributed by atoms with Crippen LogP contribution in [0.25, 0.3) is 5.69 Å². The minimum absolute atomic E-state index is 0.448. The Bertz CT molecular complexity index is 731. The van der Waals surface area contributed by atoms with E-state index in [4.69, 9.17) is 4.42 Å². The Labute approximate surface area is 122 Å². The van der Waals surface area contributed by atoms with E-state index < -0.39 is 0 Å². The van der Waals surface area contributed by atoms with Crippen molar-refractivity contribution in [3.05, 3.63) is 53.9 Å². The zero-order chi connectivity index (χ0) is 14.7. The Morgan fingerprint density at radius 2 is 2.10 bits per heavy atom. The number of nitrogens with zero attached hydrogens (tertiary/aromatic N) is 4. The maximum Gasteiger partial charge on any atom is 0.315 e. The summed E-state index contributed by atoms with van der Waals surface area (Å²) in [6, 6.07) is 8.61. The van der Waals surface area contributed by atoms with Crippen LogP contribution >= 0.6 is 0 Å². The number of benzene rings is 1. The Morgan fingerprint density at radius 3 is 2.81 bits per heavy atom. The van der Waals surface area contributed by atoms with Crippen LogP contribution in [-0.4, -0.2) is 19.7 Å². The number of rotatable bonds is 5. The molecule has 6 nitrogen and oxygen atoms in total. The lowest BCUT2D eigenvalue weighted by Crippen LogP contribution is -2.06. The predicted octanol–water partition coefficient (Wildman–Crippen LogP) is 2.74. The summed E-state index contributed by atoms with van der Waals surface area (Å²) in [5, 5.41) is 11.1. The number of anilines is 1. The van der Waals surface area contributed by atoms with Gasteiger partial charge in [0.25, 0.3) is 0 Å². The first-order chi connectivity index (χ1) is 10.3. The minimum atomic E-state index is 0.448. The summed E-state index contributed by atoms with van der Waals surface area (Å²) in [5.74, 6) is 1.59. The van der Waals surface area contributed by atoms with Gasteiger partial charge in [-0.1, -0.05) is 30.2 Å². The summed E-state index contributed by atoms with van der Waals surface area (Å²) in [6.45, 7) is 4.57. The molecule has 0 bridgehead atoms. The van der Waals surface area contributed by atoms with Gasteiger partial charge in [0.15, 0.2) is 0 Å². The van der Waals surface area contributed by atoms with Crippen molar-refractivity contribution in [3.8, 4) is 5.69 Å². The van der Waals surface area contributed by atoms with Gasteiger partial charge in [-0.15, -0.1) is 5.10 Å². The fourth-order valence-electron chi connectivity index (χ4n) is 2.17. The number of para-hydroxylation sites is 1. The first kappa shape index (κ1) is 13.4. The number of hydrogen-bond donors (Lipinski definition) is 1. The van der Waals surface area contributed by atoms with E-state index in [9.17, 15) is 0 Å². The van der Waals surface area contributed by atoms with E-state index in [1.807, 2.05) is 32.2 Å². The molecule has 0 unspecified atom stereocenters. The molecule has 3 aromatic rings. The van der Waals surface area contributed by atoms with Crippen molar-refractivity contribution < 1.29 is 4.42 Å². The molecule has 2 aromatic heterocycles. The number of aromatic nitrogens is 4. The average Bonchev–Trinajstić information content (AvgIpc) is 3.14. The van der Waals surface area contributed by atoms with Gasteiger partial charge in [-0.3, -0.25) is 0 Å². The maximum atomic E-state index is 5.46. The van der Waals surface area contributed by atoms with Gasteiger partial charge in [0.1, 0.15) is 5.82 Å². The van der Waals surface area contributed by atoms with E-state index >= 15 is 0 Å². The van der Waals surface area contributed by atoms with Crippen LogP contribution in [-0.2, 0) is 13.0 Å². The van der Waals surface area contributed by atoms with Crippen LogP contribution in [0.5, 0.6) is 0 Å². The molecule has 1 N–H and O–H groups in total. The second kappa shape index (κ2) is 5.78. The molecule has 21 heavy (non-hydrogen) atoms. The highest BCUT2D eigenvalue weighted by Gasteiger charge is 2.08. The molecule has 0 radical (unpaired) electrons. The van der Waals surface area contributed by atoms with Crippen molar-refractivity contribution in [2.24, 2.45) is 0 Å². The molecule has 0 fully saturated rings. The summed E-state index contributed by atoms with van der Waals surface area (Å²) < 4.78 is 7.51. The Balaban J connectivity index is 1.81. The van der Waals surface area contributed by atoms with Gasteiger partial charge in [0, 0.05) is 25.4 Å². The lowest BCUT2D eigenvalue weighted by Gasteiger charge is -2.11. The fourth-order valence-corrected chi connectivity index (χ4v) is 2.17. The molecule has 1 aromatic carbocycles. The number of hydrogen-bond acceptors (Lipinski definition) is 5. The van der Waals surface area contributed by atoms with E-state index in [-0.39, 0.29) is 0 Å². The van der Waals surface area contributed by atoms with Gasteiger partial charge >= 0.3 is 6.01 Å². The Morgan fingerprint density at radius 1 is 1.24 bits per heavy atom. The van der Waals surface area contributed by atoms with Gasteiger partial charge in [-0.25, -0.2) is 4.98 Å². The summed E-state index contributed by atoms with van der Waals surface area (Å²) >= 11 is 0. The van der Waals surface area contributed by atoms with Crippen LogP contribution in [0.1, 0.15) is 24.2 Å². The maximum absolute atomic E-state index is 5.46. The monoisotopic (exact) mass is 283 g/mol. The zero-order valence-electron chi connectivity index (χ0n) is 12.1. The molecular weight excluding hydrogens is 266 g/mol. The van der Waals surface area contributed by atoms with Gasteiger partial charge in [0.2, 0.25) is 5.89 Å². The molecule has 6 heteroatoms. The molecule has 0 spiro atoms. The highest BCUT2D eigenvalue weighted by molar-refractivity contribution is 5.43. The van der Waals surface area contributed by atoms with Gasteiger partial charge in [-0.05, 0) is 18.6 Å². The van der Waals surface area contributed by atoms with E-state index in [1.54, 1.807) is 6.20 Å². The van der Waals surface area contributed by atoms with E-state index in [1.165, 1.54) is 0 Å². The number of nitrogens with one attached hydrogen (secondary N) is 1. The minimum Gasteiger partial charge on any atom is -0.408 e. The summed E-state index contributed by atoms with van der Waals surface area (Å²) in [7, 11) is 0. The number of imidazole rings is 1. The molecule has 0 aliphatic rings. The quantitative estimate of drug-likeness (QED) is 0.779. The highest BCUT2D eigenvalue weighted by Crippen LogP contribution is 2.17. The SMILES string of the molecule is CCc1nnc(NCc2ccccc2-n2ccnc2C)o1. The van der Waals surface area contributed by atoms with Gasteiger partial charge in [-0.2, -0.15) is 0 Å². The number of aryl methyl sites for hydroxylation is 2. The van der Waals surface area contributed by atoms with Crippen molar-refractivity contribution >= 4 is 6.01 Å². The predicted molar refractivity (Wildman–Crippen MR) is 79.3 cm³/mol. The Hall–Kier alpha value is -2.63. The van der Waals surface area contributed by atoms with Crippen LogP contribution in [0.2, 0.25) is 0 Å². The van der Waals surface area contributed by atoms with Crippen LogP contribution in [0, 0.1) is 6.92 Å². The van der Waals surface area contributed by atoms with Crippen molar-refractivity contribution in [2.75, 3.05) is 5.32 Å². The summed E-state index contributed by atoms with van der Waals surface area (Å²) in [6.07, 6.45) is 4.49. The molecule has 0 saturated heterocycles. The van der Waals surface area contributed by atoms with Crippen molar-refractivity contribution in [2.45, 2.75) is 26.8 Å². The van der Waals surface area contributed by atoms with E-state index in [0.29, 0.717) is 18.5 Å². The van der Waals surface area contributed by atoms with E-state index in [2.05, 4.69) is 37.2 Å². The van der Waals surface area contributed by atoms with Gasteiger partial charge < -0.3 is 14.3 Å². The zero-order valence-corrected chi connectivity index (χ0v) is 12.1. The first-order valence-corrected chi connectivity index (χ1v) is 6.92. The van der Waals surface area contributed by atoms with Crippen molar-refractivity contribution in [3.63, 3.8) is 0 Å². The highest BCUT2D eigenvalue weighted by atomic mass is 16.4. The third-order valence-electron chi connectivity index (χ3n) is 3.28. The molecule has 2 heterocycles. The second-order valence-electron chi connectivity index (χ2n) is 4.68. The normalized spacial score (nSPS) is 10.8. The molecule has 0 amide bonds. The third kappa shape index (κ3) is 2.79. The van der Waals surface area contributed by atoms with Crippen molar-refractivity contribution in [1.82, 2.24) is 19.7 Å². The average molecular weight is 283 g/mol. The Kier molecular flexibility index (Phi) is 3.68. The van der Waals surface area contributed by atoms with Crippen LogP contribution in [0.4, 0.5) is 6.01 Å². The molecule has 0 aliphatic carbocycles. The van der Waals surface area contributed by atoms with E-state index in [0.717, 1.165) is 23.5 Å².